The molecule has 2 aromatic heterocycles. The molecule has 1 amide bonds. The number of rotatable bonds is 2. The van der Waals surface area contributed by atoms with Crippen molar-refractivity contribution in [1.29, 1.82) is 0 Å². The molecule has 0 radical (unpaired) electrons. The molecule has 0 bridgehead atoms. The van der Waals surface area contributed by atoms with E-state index < -0.39 is 0 Å². The number of carbonyl (C=O) groups excluding carboxylic acids is 1. The number of phenolic OH excluding ortho intramolecular Hbond substituents is 1. The van der Waals surface area contributed by atoms with Gasteiger partial charge in [-0.3, -0.25) is 4.79 Å². The summed E-state index contributed by atoms with van der Waals surface area (Å²) in [5.41, 5.74) is 2.01. The quantitative estimate of drug-likeness (QED) is 0.751. The maximum Gasteiger partial charge on any atom is 0.281 e. The third kappa shape index (κ3) is 2.63. The van der Waals surface area contributed by atoms with Crippen molar-refractivity contribution >= 4 is 39.6 Å². The van der Waals surface area contributed by atoms with E-state index in [9.17, 15) is 9.90 Å². The van der Waals surface area contributed by atoms with Gasteiger partial charge in [0.05, 0.1) is 5.56 Å². The van der Waals surface area contributed by atoms with Crippen LogP contribution < -0.4 is 4.90 Å². The first kappa shape index (κ1) is 14.8. The highest BCUT2D eigenvalue weighted by Crippen LogP contribution is 2.28. The van der Waals surface area contributed by atoms with Gasteiger partial charge in [0.25, 0.3) is 5.91 Å². The third-order valence-corrected chi connectivity index (χ3v) is 4.75. The number of nitrogens with one attached hydrogen (secondary N) is 1. The van der Waals surface area contributed by atoms with Crippen LogP contribution in [0.2, 0.25) is 0 Å². The number of nitrogens with zero attached hydrogens (tertiary/aromatic N) is 3. The number of pyridine rings is 1. The van der Waals surface area contributed by atoms with Crippen LogP contribution in [0.25, 0.3) is 11.0 Å². The number of H-pyrrole nitrogens is 1. The maximum absolute atomic E-state index is 12.6. The topological polar surface area (TPSA) is 81.6 Å². The van der Waals surface area contributed by atoms with Crippen LogP contribution in [-0.4, -0.2) is 38.4 Å². The molecular weight excluding hydrogens is 324 g/mol. The van der Waals surface area contributed by atoms with Crippen LogP contribution >= 0.6 is 11.8 Å². The van der Waals surface area contributed by atoms with E-state index in [4.69, 9.17) is 0 Å². The van der Waals surface area contributed by atoms with Crippen LogP contribution in [0.15, 0.2) is 53.8 Å². The highest BCUT2D eigenvalue weighted by Gasteiger charge is 2.23. The summed E-state index contributed by atoms with van der Waals surface area (Å²) in [6.45, 7) is 0.746. The highest BCUT2D eigenvalue weighted by atomic mass is 32.2. The molecule has 0 atom stereocenters. The Hall–Kier alpha value is -2.80. The third-order valence-electron chi connectivity index (χ3n) is 3.80. The second kappa shape index (κ2) is 6.01. The lowest BCUT2D eigenvalue weighted by Crippen LogP contribution is -2.24. The first-order chi connectivity index (χ1) is 11.7. The molecule has 3 heterocycles. The lowest BCUT2D eigenvalue weighted by Gasteiger charge is -2.17. The first-order valence-corrected chi connectivity index (χ1v) is 8.45. The van der Waals surface area contributed by atoms with Crippen LogP contribution in [-0.2, 0) is 0 Å². The van der Waals surface area contributed by atoms with E-state index in [1.165, 1.54) is 11.8 Å². The Morgan fingerprint density at radius 1 is 1.33 bits per heavy atom. The van der Waals surface area contributed by atoms with E-state index in [-0.39, 0.29) is 11.7 Å². The van der Waals surface area contributed by atoms with Crippen molar-refractivity contribution in [2.45, 2.75) is 0 Å². The second-order valence-electron chi connectivity index (χ2n) is 5.32. The van der Waals surface area contributed by atoms with Gasteiger partial charge in [0.2, 0.25) is 0 Å². The molecule has 0 spiro atoms. The summed E-state index contributed by atoms with van der Waals surface area (Å²) in [5.74, 6) is 0.735. The van der Waals surface area contributed by atoms with E-state index >= 15 is 0 Å². The minimum atomic E-state index is -0.302. The van der Waals surface area contributed by atoms with Gasteiger partial charge in [0.15, 0.2) is 5.17 Å². The van der Waals surface area contributed by atoms with E-state index in [2.05, 4.69) is 15.0 Å². The summed E-state index contributed by atoms with van der Waals surface area (Å²) < 4.78 is 0. The summed E-state index contributed by atoms with van der Waals surface area (Å²) in [6.07, 6.45) is 3.32. The number of aromatic amines is 1. The number of amides is 1. The smallest absolute Gasteiger partial charge is 0.281 e. The Labute approximate surface area is 142 Å². The van der Waals surface area contributed by atoms with Gasteiger partial charge in [-0.2, -0.15) is 4.99 Å². The van der Waals surface area contributed by atoms with Crippen LogP contribution in [0.1, 0.15) is 10.4 Å². The Morgan fingerprint density at radius 3 is 3.12 bits per heavy atom. The number of phenols is 1. The minimum absolute atomic E-state index is 0.192. The van der Waals surface area contributed by atoms with Crippen molar-refractivity contribution in [3.05, 3.63) is 54.4 Å². The van der Waals surface area contributed by atoms with Crippen LogP contribution in [0.5, 0.6) is 5.75 Å². The summed E-state index contributed by atoms with van der Waals surface area (Å²) >= 11 is 1.53. The molecule has 3 aromatic rings. The van der Waals surface area contributed by atoms with E-state index in [0.717, 1.165) is 23.4 Å². The largest absolute Gasteiger partial charge is 0.508 e. The van der Waals surface area contributed by atoms with Gasteiger partial charge in [0, 0.05) is 41.8 Å². The average molecular weight is 338 g/mol. The van der Waals surface area contributed by atoms with Gasteiger partial charge >= 0.3 is 0 Å². The van der Waals surface area contributed by atoms with Gasteiger partial charge in [-0.05, 0) is 24.3 Å². The zero-order valence-corrected chi connectivity index (χ0v) is 13.5. The van der Waals surface area contributed by atoms with Crippen LogP contribution in [0.4, 0.5) is 5.69 Å². The Balaban J connectivity index is 1.67. The SMILES string of the molecule is O=C(N=C1SCCN1c1cccc(O)c1)c1c[nH]c2ncccc12. The predicted octanol–water partition coefficient (Wildman–Crippen LogP) is 3.02. The number of carbonyl (C=O) groups is 1. The maximum atomic E-state index is 12.6. The first-order valence-electron chi connectivity index (χ1n) is 7.47. The van der Waals surface area contributed by atoms with Crippen LogP contribution in [0, 0.1) is 0 Å². The zero-order valence-electron chi connectivity index (χ0n) is 12.6. The molecule has 2 N–H and O–H groups in total. The van der Waals surface area contributed by atoms with Crippen molar-refractivity contribution in [2.24, 2.45) is 4.99 Å². The molecule has 1 saturated heterocycles. The Bertz CT molecular complexity index is 950. The van der Waals surface area contributed by atoms with Crippen molar-refractivity contribution in [3.8, 4) is 5.75 Å². The lowest BCUT2D eigenvalue weighted by atomic mass is 10.2. The monoisotopic (exact) mass is 338 g/mol. The van der Waals surface area contributed by atoms with E-state index in [1.807, 2.05) is 17.0 Å². The molecule has 7 heteroatoms. The summed E-state index contributed by atoms with van der Waals surface area (Å²) in [6, 6.07) is 10.6. The minimum Gasteiger partial charge on any atom is -0.508 e. The number of aromatic hydroxyl groups is 1. The van der Waals surface area contributed by atoms with Gasteiger partial charge in [-0.25, -0.2) is 4.98 Å². The van der Waals surface area contributed by atoms with Crippen LogP contribution in [0.3, 0.4) is 0 Å². The zero-order chi connectivity index (χ0) is 16.5. The number of aromatic nitrogens is 2. The summed E-state index contributed by atoms with van der Waals surface area (Å²) in [7, 11) is 0. The van der Waals surface area contributed by atoms with Gasteiger partial charge < -0.3 is 15.0 Å². The molecule has 0 aliphatic carbocycles. The second-order valence-corrected chi connectivity index (χ2v) is 6.38. The number of benzene rings is 1. The summed E-state index contributed by atoms with van der Waals surface area (Å²) in [4.78, 5) is 26.0. The predicted molar refractivity (Wildman–Crippen MR) is 95.8 cm³/mol. The van der Waals surface area contributed by atoms with Crippen molar-refractivity contribution in [2.75, 3.05) is 17.2 Å². The molecular formula is C17H14N4O2S. The Morgan fingerprint density at radius 2 is 2.25 bits per heavy atom. The molecule has 24 heavy (non-hydrogen) atoms. The normalized spacial score (nSPS) is 16.2. The van der Waals surface area contributed by atoms with Crippen molar-refractivity contribution in [3.63, 3.8) is 0 Å². The number of hydrogen-bond acceptors (Lipinski definition) is 4. The molecule has 1 aromatic carbocycles. The molecule has 0 unspecified atom stereocenters. The molecule has 1 aliphatic heterocycles. The molecule has 4 rings (SSSR count). The number of hydrogen-bond donors (Lipinski definition) is 2. The molecule has 0 saturated carbocycles. The number of thioether (sulfide) groups is 1. The molecule has 6 nitrogen and oxygen atoms in total. The fourth-order valence-electron chi connectivity index (χ4n) is 2.67. The van der Waals surface area contributed by atoms with E-state index in [1.54, 1.807) is 36.7 Å². The number of fused-ring (bicyclic) bond motifs is 1. The van der Waals surface area contributed by atoms with Crippen molar-refractivity contribution < 1.29 is 9.90 Å². The fraction of sp³-hybridized carbons (Fsp3) is 0.118. The molecule has 1 aliphatic rings. The van der Waals surface area contributed by atoms with Gasteiger partial charge in [-0.15, -0.1) is 0 Å². The van der Waals surface area contributed by atoms with Gasteiger partial charge in [0.1, 0.15) is 11.4 Å². The average Bonchev–Trinajstić information content (AvgIpc) is 3.21. The molecule has 120 valence electrons. The fourth-order valence-corrected chi connectivity index (χ4v) is 3.63. The summed E-state index contributed by atoms with van der Waals surface area (Å²) in [5, 5.41) is 11.1. The number of aliphatic imine (C=N–C) groups is 1. The van der Waals surface area contributed by atoms with Crippen molar-refractivity contribution in [1.82, 2.24) is 9.97 Å². The van der Waals surface area contributed by atoms with E-state index in [0.29, 0.717) is 16.4 Å². The number of anilines is 1. The Kier molecular flexibility index (Phi) is 3.70. The van der Waals surface area contributed by atoms with Gasteiger partial charge in [-0.1, -0.05) is 17.8 Å². The standard InChI is InChI=1S/C17H14N4O2S/c22-12-4-1-3-11(9-12)21-7-8-24-17(21)20-16(23)14-10-19-15-13(14)5-2-6-18-15/h1-6,9-10,22H,7-8H2,(H,18,19). The molecule has 1 fully saturated rings. The lowest BCUT2D eigenvalue weighted by molar-refractivity contribution is 0.100. The highest BCUT2D eigenvalue weighted by molar-refractivity contribution is 8.14. The number of amidine groups is 1.